The second-order valence-corrected chi connectivity index (χ2v) is 4.01. The standard InChI is InChI=1S/C12H15N3O2.Na.H/c13-6-9-4-2-1-3-8(9)5-11(16)15-10-7-14-12(10)17;;/h1-4,10H,5-7,13H2,(H,14,17)(H,15,16);;/q;+1;-1. The number of hydrogen-bond acceptors (Lipinski definition) is 3. The van der Waals surface area contributed by atoms with E-state index >= 15 is 0 Å². The zero-order valence-corrected chi connectivity index (χ0v) is 12.4. The summed E-state index contributed by atoms with van der Waals surface area (Å²) in [6.07, 6.45) is 0.261. The van der Waals surface area contributed by atoms with Crippen molar-refractivity contribution in [2.75, 3.05) is 6.54 Å². The molecule has 92 valence electrons. The molecule has 4 N–H and O–H groups in total. The monoisotopic (exact) mass is 257 g/mol. The van der Waals surface area contributed by atoms with Crippen molar-refractivity contribution in [3.8, 4) is 0 Å². The summed E-state index contributed by atoms with van der Waals surface area (Å²) in [5.41, 5.74) is 7.46. The van der Waals surface area contributed by atoms with Crippen LogP contribution in [0.3, 0.4) is 0 Å². The van der Waals surface area contributed by atoms with Crippen molar-refractivity contribution in [3.05, 3.63) is 35.4 Å². The van der Waals surface area contributed by atoms with Gasteiger partial charge < -0.3 is 17.8 Å². The maximum absolute atomic E-state index is 11.7. The Bertz CT molecular complexity index is 456. The summed E-state index contributed by atoms with van der Waals surface area (Å²) in [6, 6.07) is 7.18. The largest absolute Gasteiger partial charge is 1.00 e. The predicted octanol–water partition coefficient (Wildman–Crippen LogP) is -3.58. The van der Waals surface area contributed by atoms with Crippen LogP contribution in [0.2, 0.25) is 0 Å². The number of β-lactam (4-membered cyclic amide) rings is 1. The first-order chi connectivity index (χ1) is 8.20. The molecular formula is C12H16N3NaO2. The molecule has 2 rings (SSSR count). The van der Waals surface area contributed by atoms with Crippen LogP contribution in [0.4, 0.5) is 0 Å². The van der Waals surface area contributed by atoms with Crippen LogP contribution in [-0.4, -0.2) is 24.4 Å². The molecule has 0 radical (unpaired) electrons. The number of carbonyl (C=O) groups is 2. The Balaban J connectivity index is 0.00000162. The van der Waals surface area contributed by atoms with Crippen LogP contribution in [0, 0.1) is 0 Å². The Morgan fingerprint density at radius 3 is 2.61 bits per heavy atom. The maximum Gasteiger partial charge on any atom is 1.00 e. The number of hydrogen-bond donors (Lipinski definition) is 3. The molecule has 0 aliphatic carbocycles. The summed E-state index contributed by atoms with van der Waals surface area (Å²) >= 11 is 0. The smallest absolute Gasteiger partial charge is 1.00 e. The number of nitrogens with one attached hydrogen (secondary N) is 2. The summed E-state index contributed by atoms with van der Waals surface area (Å²) in [5.74, 6) is -0.267. The second kappa shape index (κ2) is 6.89. The zero-order chi connectivity index (χ0) is 12.3. The minimum atomic E-state index is -0.368. The van der Waals surface area contributed by atoms with E-state index in [2.05, 4.69) is 10.6 Å². The van der Waals surface area contributed by atoms with Crippen molar-refractivity contribution in [2.45, 2.75) is 19.0 Å². The fraction of sp³-hybridized carbons (Fsp3) is 0.333. The molecule has 1 fully saturated rings. The first-order valence-corrected chi connectivity index (χ1v) is 5.54. The van der Waals surface area contributed by atoms with Gasteiger partial charge in [0, 0.05) is 13.1 Å². The molecule has 1 aliphatic heterocycles. The quantitative estimate of drug-likeness (QED) is 0.385. The summed E-state index contributed by atoms with van der Waals surface area (Å²) in [7, 11) is 0. The van der Waals surface area contributed by atoms with Gasteiger partial charge in [0.1, 0.15) is 6.04 Å². The molecule has 0 aromatic heterocycles. The summed E-state index contributed by atoms with van der Waals surface area (Å²) in [4.78, 5) is 22.7. The molecule has 2 amide bonds. The molecule has 0 bridgehead atoms. The first kappa shape index (κ1) is 15.2. The predicted molar refractivity (Wildman–Crippen MR) is 64.1 cm³/mol. The van der Waals surface area contributed by atoms with Gasteiger partial charge in [-0.2, -0.15) is 0 Å². The van der Waals surface area contributed by atoms with Crippen LogP contribution >= 0.6 is 0 Å². The average Bonchev–Trinajstić information content (AvgIpc) is 2.35. The third-order valence-corrected chi connectivity index (χ3v) is 2.82. The van der Waals surface area contributed by atoms with Crippen LogP contribution in [0.1, 0.15) is 12.6 Å². The van der Waals surface area contributed by atoms with Crippen molar-refractivity contribution in [3.63, 3.8) is 0 Å². The summed E-state index contributed by atoms with van der Waals surface area (Å²) in [6.45, 7) is 0.927. The van der Waals surface area contributed by atoms with Gasteiger partial charge in [-0.15, -0.1) is 0 Å². The second-order valence-electron chi connectivity index (χ2n) is 4.01. The molecule has 1 heterocycles. The van der Waals surface area contributed by atoms with E-state index in [1.165, 1.54) is 0 Å². The van der Waals surface area contributed by atoms with Crippen LogP contribution in [0.15, 0.2) is 24.3 Å². The van der Waals surface area contributed by atoms with Gasteiger partial charge in [0.25, 0.3) is 0 Å². The van der Waals surface area contributed by atoms with Gasteiger partial charge in [-0.1, -0.05) is 24.3 Å². The number of rotatable bonds is 4. The third kappa shape index (κ3) is 3.55. The minimum Gasteiger partial charge on any atom is -1.00 e. The Labute approximate surface area is 129 Å². The van der Waals surface area contributed by atoms with E-state index in [4.69, 9.17) is 5.73 Å². The SMILES string of the molecule is NCc1ccccc1CC(=O)NC1CNC1=O.[H-].[Na+]. The van der Waals surface area contributed by atoms with Gasteiger partial charge in [-0.05, 0) is 11.1 Å². The van der Waals surface area contributed by atoms with Crippen molar-refractivity contribution in [1.82, 2.24) is 10.6 Å². The van der Waals surface area contributed by atoms with E-state index in [0.717, 1.165) is 11.1 Å². The molecule has 18 heavy (non-hydrogen) atoms. The molecule has 1 aromatic carbocycles. The molecule has 1 aromatic rings. The number of carbonyl (C=O) groups excluding carboxylic acids is 2. The van der Waals surface area contributed by atoms with Gasteiger partial charge in [-0.3, -0.25) is 9.59 Å². The Hall–Kier alpha value is -0.880. The molecule has 1 saturated heterocycles. The van der Waals surface area contributed by atoms with Gasteiger partial charge >= 0.3 is 29.6 Å². The van der Waals surface area contributed by atoms with Crippen LogP contribution in [-0.2, 0) is 22.6 Å². The van der Waals surface area contributed by atoms with Gasteiger partial charge in [0.2, 0.25) is 11.8 Å². The Kier molecular flexibility index (Phi) is 5.81. The Morgan fingerprint density at radius 2 is 2.11 bits per heavy atom. The summed E-state index contributed by atoms with van der Waals surface area (Å²) < 4.78 is 0. The molecule has 1 aliphatic rings. The van der Waals surface area contributed by atoms with E-state index in [-0.39, 0.29) is 55.3 Å². The topological polar surface area (TPSA) is 84.2 Å². The van der Waals surface area contributed by atoms with Gasteiger partial charge in [0.15, 0.2) is 0 Å². The molecule has 6 heteroatoms. The fourth-order valence-corrected chi connectivity index (χ4v) is 1.75. The molecule has 0 saturated carbocycles. The minimum absolute atomic E-state index is 0. The van der Waals surface area contributed by atoms with Crippen molar-refractivity contribution in [2.24, 2.45) is 5.73 Å². The zero-order valence-electron chi connectivity index (χ0n) is 11.4. The van der Waals surface area contributed by atoms with Gasteiger partial charge in [-0.25, -0.2) is 0 Å². The van der Waals surface area contributed by atoms with E-state index < -0.39 is 0 Å². The van der Waals surface area contributed by atoms with Crippen molar-refractivity contribution in [1.29, 1.82) is 0 Å². The Morgan fingerprint density at radius 1 is 1.44 bits per heavy atom. The third-order valence-electron chi connectivity index (χ3n) is 2.82. The van der Waals surface area contributed by atoms with Crippen LogP contribution in [0.25, 0.3) is 0 Å². The fourth-order valence-electron chi connectivity index (χ4n) is 1.75. The van der Waals surface area contributed by atoms with Crippen molar-refractivity contribution >= 4 is 11.8 Å². The molecule has 1 atom stereocenters. The van der Waals surface area contributed by atoms with Crippen LogP contribution in [0.5, 0.6) is 0 Å². The van der Waals surface area contributed by atoms with Crippen LogP contribution < -0.4 is 45.9 Å². The van der Waals surface area contributed by atoms with E-state index in [0.29, 0.717) is 13.1 Å². The number of benzene rings is 1. The first-order valence-electron chi connectivity index (χ1n) is 5.54. The summed E-state index contributed by atoms with van der Waals surface area (Å²) in [5, 5.41) is 5.25. The van der Waals surface area contributed by atoms with Crippen molar-refractivity contribution < 1.29 is 40.6 Å². The molecule has 1 unspecified atom stereocenters. The van der Waals surface area contributed by atoms with E-state index in [1.54, 1.807) is 0 Å². The van der Waals surface area contributed by atoms with E-state index in [9.17, 15) is 9.59 Å². The molecule has 5 nitrogen and oxygen atoms in total. The maximum atomic E-state index is 11.7. The average molecular weight is 257 g/mol. The van der Waals surface area contributed by atoms with Gasteiger partial charge in [0.05, 0.1) is 6.42 Å². The van der Waals surface area contributed by atoms with E-state index in [1.807, 2.05) is 24.3 Å². The molecule has 0 spiro atoms. The molecular weight excluding hydrogens is 241 g/mol. The number of nitrogens with two attached hydrogens (primary N) is 1. The number of amides is 2. The normalized spacial score (nSPS) is 17.2.